The van der Waals surface area contributed by atoms with Crippen LogP contribution in [0.1, 0.15) is 44.1 Å². The Morgan fingerprint density at radius 2 is 2.00 bits per heavy atom. The maximum Gasteiger partial charge on any atom is 0.107 e. The molecule has 17 heavy (non-hydrogen) atoms. The molecule has 1 heterocycles. The fourth-order valence-electron chi connectivity index (χ4n) is 2.90. The molecule has 0 aliphatic heterocycles. The fourth-order valence-corrected chi connectivity index (χ4v) is 3.47. The smallest absolute Gasteiger partial charge is 0.107 e. The summed E-state index contributed by atoms with van der Waals surface area (Å²) in [6, 6.07) is 6.38. The summed E-state index contributed by atoms with van der Waals surface area (Å²) in [6.45, 7) is 0. The zero-order chi connectivity index (χ0) is 11.5. The molecule has 1 aromatic heterocycles. The molecule has 3 rings (SSSR count). The summed E-state index contributed by atoms with van der Waals surface area (Å²) in [4.78, 5) is 0. The van der Waals surface area contributed by atoms with Gasteiger partial charge in [-0.3, -0.25) is 0 Å². The largest absolute Gasteiger partial charge is 0.173 e. The van der Waals surface area contributed by atoms with E-state index in [0.29, 0.717) is 0 Å². The molecule has 3 heteroatoms. The highest BCUT2D eigenvalue weighted by molar-refractivity contribution is 7.00. The van der Waals surface area contributed by atoms with Gasteiger partial charge in [0.05, 0.1) is 11.7 Å². The summed E-state index contributed by atoms with van der Waals surface area (Å²) in [5.74, 6) is 0.950. The van der Waals surface area contributed by atoms with Gasteiger partial charge in [-0.05, 0) is 30.4 Å². The number of fused-ring (bicyclic) bond motifs is 1. The van der Waals surface area contributed by atoms with Gasteiger partial charge < -0.3 is 0 Å². The predicted molar refractivity (Wildman–Crippen MR) is 72.3 cm³/mol. The number of benzene rings is 1. The number of rotatable bonds is 3. The van der Waals surface area contributed by atoms with Crippen LogP contribution < -0.4 is 0 Å². The van der Waals surface area contributed by atoms with Crippen molar-refractivity contribution in [3.8, 4) is 0 Å². The highest BCUT2D eigenvalue weighted by Gasteiger charge is 2.14. The average molecular weight is 246 g/mol. The molecule has 1 saturated carbocycles. The fraction of sp³-hybridized carbons (Fsp3) is 0.571. The zero-order valence-corrected chi connectivity index (χ0v) is 10.9. The van der Waals surface area contributed by atoms with E-state index < -0.39 is 0 Å². The third kappa shape index (κ3) is 2.49. The van der Waals surface area contributed by atoms with Crippen molar-refractivity contribution in [1.29, 1.82) is 0 Å². The minimum Gasteiger partial charge on any atom is -0.173 e. The van der Waals surface area contributed by atoms with Gasteiger partial charge >= 0.3 is 0 Å². The molecule has 0 saturated heterocycles. The van der Waals surface area contributed by atoms with Crippen LogP contribution in [0.4, 0.5) is 0 Å². The molecule has 0 spiro atoms. The summed E-state index contributed by atoms with van der Waals surface area (Å²) in [7, 11) is 0. The molecular formula is C14H18N2S. The SMILES string of the molecule is c1cc(CCC2CCCCC2)c2nsnc2c1. The summed E-state index contributed by atoms with van der Waals surface area (Å²) in [6.07, 6.45) is 9.70. The topological polar surface area (TPSA) is 25.8 Å². The molecule has 0 unspecified atom stereocenters. The first-order valence-electron chi connectivity index (χ1n) is 6.63. The Hall–Kier alpha value is -0.960. The summed E-state index contributed by atoms with van der Waals surface area (Å²) in [5.41, 5.74) is 3.59. The normalized spacial score (nSPS) is 17.6. The van der Waals surface area contributed by atoms with Crippen LogP contribution in [0, 0.1) is 5.92 Å². The molecule has 0 bridgehead atoms. The maximum atomic E-state index is 4.41. The van der Waals surface area contributed by atoms with Gasteiger partial charge in [-0.1, -0.05) is 44.2 Å². The molecular weight excluding hydrogens is 228 g/mol. The van der Waals surface area contributed by atoms with E-state index in [9.17, 15) is 0 Å². The van der Waals surface area contributed by atoms with E-state index in [0.717, 1.165) is 17.0 Å². The first-order valence-corrected chi connectivity index (χ1v) is 7.36. The second-order valence-corrected chi connectivity index (χ2v) is 5.62. The highest BCUT2D eigenvalue weighted by Crippen LogP contribution is 2.28. The second-order valence-electron chi connectivity index (χ2n) is 5.09. The monoisotopic (exact) mass is 246 g/mol. The Bertz CT molecular complexity index is 486. The van der Waals surface area contributed by atoms with Crippen LogP contribution in [0.2, 0.25) is 0 Å². The van der Waals surface area contributed by atoms with Gasteiger partial charge in [0.25, 0.3) is 0 Å². The Morgan fingerprint density at radius 3 is 2.88 bits per heavy atom. The summed E-state index contributed by atoms with van der Waals surface area (Å²) >= 11 is 1.33. The lowest BCUT2D eigenvalue weighted by Gasteiger charge is -2.21. The quantitative estimate of drug-likeness (QED) is 0.811. The third-order valence-corrected chi connectivity index (χ3v) is 4.46. The van der Waals surface area contributed by atoms with E-state index in [-0.39, 0.29) is 0 Å². The van der Waals surface area contributed by atoms with Gasteiger partial charge in [0.1, 0.15) is 11.0 Å². The minimum absolute atomic E-state index is 0.950. The lowest BCUT2D eigenvalue weighted by atomic mass is 9.85. The van der Waals surface area contributed by atoms with E-state index in [2.05, 4.69) is 26.9 Å². The number of nitrogens with zero attached hydrogens (tertiary/aromatic N) is 2. The van der Waals surface area contributed by atoms with Crippen LogP contribution in [-0.2, 0) is 6.42 Å². The van der Waals surface area contributed by atoms with Crippen molar-refractivity contribution in [3.63, 3.8) is 0 Å². The van der Waals surface area contributed by atoms with Crippen molar-refractivity contribution >= 4 is 22.8 Å². The Balaban J connectivity index is 1.69. The van der Waals surface area contributed by atoms with Gasteiger partial charge in [-0.2, -0.15) is 8.75 Å². The zero-order valence-electron chi connectivity index (χ0n) is 10.1. The minimum atomic E-state index is 0.950. The maximum absolute atomic E-state index is 4.41. The van der Waals surface area contributed by atoms with Crippen molar-refractivity contribution in [2.24, 2.45) is 5.92 Å². The highest BCUT2D eigenvalue weighted by atomic mass is 32.1. The van der Waals surface area contributed by atoms with Crippen LogP contribution in [0.3, 0.4) is 0 Å². The van der Waals surface area contributed by atoms with Gasteiger partial charge in [0.2, 0.25) is 0 Å². The van der Waals surface area contributed by atoms with Crippen molar-refractivity contribution in [2.75, 3.05) is 0 Å². The van der Waals surface area contributed by atoms with Crippen molar-refractivity contribution in [1.82, 2.24) is 8.75 Å². The van der Waals surface area contributed by atoms with Crippen LogP contribution in [0.15, 0.2) is 18.2 Å². The van der Waals surface area contributed by atoms with Crippen molar-refractivity contribution in [2.45, 2.75) is 44.9 Å². The molecule has 0 radical (unpaired) electrons. The predicted octanol–water partition coefficient (Wildman–Crippen LogP) is 4.20. The number of hydrogen-bond acceptors (Lipinski definition) is 3. The molecule has 0 atom stereocenters. The summed E-state index contributed by atoms with van der Waals surface area (Å²) < 4.78 is 8.72. The standard InChI is InChI=1S/C14H18N2S/c1-2-5-11(6-3-1)9-10-12-7-4-8-13-14(12)16-17-15-13/h4,7-8,11H,1-3,5-6,9-10H2. The first-order chi connectivity index (χ1) is 8.43. The first kappa shape index (κ1) is 11.1. The van der Waals surface area contributed by atoms with Crippen LogP contribution in [-0.4, -0.2) is 8.75 Å². The van der Waals surface area contributed by atoms with Gasteiger partial charge in [-0.25, -0.2) is 0 Å². The van der Waals surface area contributed by atoms with E-state index in [1.807, 2.05) is 0 Å². The van der Waals surface area contributed by atoms with Crippen LogP contribution in [0.5, 0.6) is 0 Å². The van der Waals surface area contributed by atoms with Crippen LogP contribution in [0.25, 0.3) is 11.0 Å². The molecule has 1 fully saturated rings. The second kappa shape index (κ2) is 5.13. The van der Waals surface area contributed by atoms with Gasteiger partial charge in [0, 0.05) is 0 Å². The number of aromatic nitrogens is 2. The molecule has 90 valence electrons. The average Bonchev–Trinajstić information content (AvgIpc) is 2.86. The molecule has 1 aromatic carbocycles. The van der Waals surface area contributed by atoms with E-state index in [4.69, 9.17) is 0 Å². The number of aryl methyl sites for hydroxylation is 1. The van der Waals surface area contributed by atoms with Gasteiger partial charge in [-0.15, -0.1) is 0 Å². The molecule has 1 aliphatic rings. The van der Waals surface area contributed by atoms with Crippen molar-refractivity contribution in [3.05, 3.63) is 23.8 Å². The summed E-state index contributed by atoms with van der Waals surface area (Å²) in [5, 5.41) is 0. The Morgan fingerprint density at radius 1 is 1.12 bits per heavy atom. The molecule has 0 amide bonds. The lowest BCUT2D eigenvalue weighted by molar-refractivity contribution is 0.339. The molecule has 2 aromatic rings. The molecule has 2 nitrogen and oxygen atoms in total. The lowest BCUT2D eigenvalue weighted by Crippen LogP contribution is -2.07. The van der Waals surface area contributed by atoms with Crippen LogP contribution >= 0.6 is 11.7 Å². The Kier molecular flexibility index (Phi) is 3.36. The third-order valence-electron chi connectivity index (χ3n) is 3.92. The molecule has 0 N–H and O–H groups in total. The Labute approximate surface area is 106 Å². The van der Waals surface area contributed by atoms with Crippen molar-refractivity contribution < 1.29 is 0 Å². The molecule has 1 aliphatic carbocycles. The number of hydrogen-bond donors (Lipinski definition) is 0. The van der Waals surface area contributed by atoms with Gasteiger partial charge in [0.15, 0.2) is 0 Å². The van der Waals surface area contributed by atoms with E-state index in [1.54, 1.807) is 0 Å². The van der Waals surface area contributed by atoms with E-state index >= 15 is 0 Å². The van der Waals surface area contributed by atoms with E-state index in [1.165, 1.54) is 62.2 Å².